The predicted molar refractivity (Wildman–Crippen MR) is 435 cm³/mol. The van der Waals surface area contributed by atoms with E-state index < -0.39 is 0 Å². The van der Waals surface area contributed by atoms with Crippen LogP contribution in [0.4, 0.5) is 34.1 Å². The summed E-state index contributed by atoms with van der Waals surface area (Å²) in [5.41, 5.74) is 38.6. The highest BCUT2D eigenvalue weighted by atomic mass is 16.3. The van der Waals surface area contributed by atoms with E-state index in [9.17, 15) is 0 Å². The van der Waals surface area contributed by atoms with Crippen LogP contribution in [-0.4, -0.2) is 0 Å². The molecule has 0 radical (unpaired) electrons. The minimum Gasteiger partial charge on any atom is -0.456 e. The summed E-state index contributed by atoms with van der Waals surface area (Å²) in [5.74, 6) is 0.703. The summed E-state index contributed by atoms with van der Waals surface area (Å²) in [5, 5.41) is 4.64. The van der Waals surface area contributed by atoms with Crippen molar-refractivity contribution in [3.63, 3.8) is 0 Å². The molecule has 0 fully saturated rings. The molecule has 0 spiro atoms. The second-order valence-electron chi connectivity index (χ2n) is 35.1. The Hall–Kier alpha value is -10.2. The Labute approximate surface area is 609 Å². The van der Waals surface area contributed by atoms with Gasteiger partial charge in [0.25, 0.3) is 0 Å². The summed E-state index contributed by atoms with van der Waals surface area (Å²) in [6.07, 6.45) is 0.890. The highest BCUT2D eigenvalue weighted by molar-refractivity contribution is 6.13. The van der Waals surface area contributed by atoms with Gasteiger partial charge in [-0.25, -0.2) is 0 Å². The molecule has 103 heavy (non-hydrogen) atoms. The number of para-hydroxylation sites is 2. The third kappa shape index (κ3) is 9.60. The molecule has 4 nitrogen and oxygen atoms in total. The van der Waals surface area contributed by atoms with Gasteiger partial charge in [-0.2, -0.15) is 0 Å². The van der Waals surface area contributed by atoms with Crippen LogP contribution < -0.4 is 9.80 Å². The molecule has 4 heteroatoms. The molecular weight excluding hydrogens is 1250 g/mol. The van der Waals surface area contributed by atoms with Gasteiger partial charge in [-0.3, -0.25) is 0 Å². The standard InChI is InChI=1S/C99H94N2O2/c1-56(2)60-46-77(57(3)4)91-76-26-22-28-88(93(76)103-90(91)47-60)101(66-34-40-71-68-24-19-20-27-80(68)96(11,12)84(71)53-66)67-35-41-73-70-38-31-62(49-83(70)99(17,18)86(73)54-67)95(9,10)55-59-29-43-81-78(45-59)74-42-33-65(52-87(74)97(81,13)14)100(63-36-44-89-79(50-63)75-25-21-23-58(5)92(75)102-89)64-32-39-72-69-37-30-61(94(6,7)8)48-82(69)98(15,16)85(72)51-64/h19-54,56-57H,55H2,1-18H3. The lowest BCUT2D eigenvalue weighted by Gasteiger charge is -2.30. The van der Waals surface area contributed by atoms with E-state index in [4.69, 9.17) is 8.83 Å². The predicted octanol–water partition coefficient (Wildman–Crippen LogP) is 28.0. The quantitative estimate of drug-likeness (QED) is 0.129. The second-order valence-corrected chi connectivity index (χ2v) is 35.1. The van der Waals surface area contributed by atoms with Crippen LogP contribution in [0.15, 0.2) is 227 Å². The lowest BCUT2D eigenvalue weighted by Crippen LogP contribution is -2.22. The van der Waals surface area contributed by atoms with Crippen molar-refractivity contribution in [2.24, 2.45) is 0 Å². The molecule has 14 aromatic rings. The summed E-state index contributed by atoms with van der Waals surface area (Å²) >= 11 is 0. The molecule has 0 amide bonds. The van der Waals surface area contributed by atoms with E-state index in [1.165, 1.54) is 122 Å². The van der Waals surface area contributed by atoms with E-state index in [1.54, 1.807) is 0 Å². The molecule has 0 saturated carbocycles. The zero-order valence-electron chi connectivity index (χ0n) is 63.4. The van der Waals surface area contributed by atoms with E-state index in [1.807, 2.05) is 0 Å². The molecule has 2 aromatic heterocycles. The molecule has 4 aliphatic carbocycles. The number of rotatable bonds is 11. The normalized spacial score (nSPS) is 15.4. The van der Waals surface area contributed by atoms with Crippen molar-refractivity contribution in [2.45, 2.75) is 175 Å². The van der Waals surface area contributed by atoms with Crippen LogP contribution in [-0.2, 0) is 38.9 Å². The van der Waals surface area contributed by atoms with Gasteiger partial charge in [0.15, 0.2) is 5.58 Å². The van der Waals surface area contributed by atoms with E-state index in [0.717, 1.165) is 84.6 Å². The molecule has 0 unspecified atom stereocenters. The average molecular weight is 1340 g/mol. The smallest absolute Gasteiger partial charge is 0.159 e. The van der Waals surface area contributed by atoms with Gasteiger partial charge in [-0.05, 0) is 237 Å². The highest BCUT2D eigenvalue weighted by Crippen LogP contribution is 2.58. The lowest BCUT2D eigenvalue weighted by molar-refractivity contribution is 0.520. The van der Waals surface area contributed by atoms with Crippen LogP contribution in [0.5, 0.6) is 0 Å². The SMILES string of the molecule is Cc1cccc2c1oc1ccc(N(c3ccc4c(c3)C(C)(C)c3ccc(CC(C)(C)c5ccc6c(c5)C(C)(C)c5cc(N(c7ccc8c(c7)C(C)(C)c7ccccc7-8)c7cccc8c7oc7cc(C(C)C)cc(C(C)C)c78)ccc5-6)cc3-4)c3ccc4c(c3)C(C)(C)c3cc(C(C)(C)C)ccc3-4)cc12. The maximum absolute atomic E-state index is 7.24. The van der Waals surface area contributed by atoms with Gasteiger partial charge in [-0.1, -0.05) is 257 Å². The Morgan fingerprint density at radius 2 is 0.816 bits per heavy atom. The number of hydrogen-bond acceptors (Lipinski definition) is 4. The first kappa shape index (κ1) is 64.9. The van der Waals surface area contributed by atoms with Crippen molar-refractivity contribution in [3.05, 3.63) is 296 Å². The van der Waals surface area contributed by atoms with Crippen LogP contribution in [0, 0.1) is 6.92 Å². The van der Waals surface area contributed by atoms with Gasteiger partial charge in [0.1, 0.15) is 16.7 Å². The van der Waals surface area contributed by atoms with Crippen molar-refractivity contribution in [3.8, 4) is 44.5 Å². The molecule has 12 aromatic carbocycles. The first-order chi connectivity index (χ1) is 49.0. The van der Waals surface area contributed by atoms with Crippen LogP contribution >= 0.6 is 0 Å². The first-order valence-electron chi connectivity index (χ1n) is 37.6. The number of nitrogens with zero attached hydrogens (tertiary/aromatic N) is 2. The van der Waals surface area contributed by atoms with E-state index >= 15 is 0 Å². The molecule has 0 saturated heterocycles. The highest BCUT2D eigenvalue weighted by Gasteiger charge is 2.43. The van der Waals surface area contributed by atoms with Gasteiger partial charge in [-0.15, -0.1) is 0 Å². The Kier molecular flexibility index (Phi) is 14.0. The largest absolute Gasteiger partial charge is 0.456 e. The van der Waals surface area contributed by atoms with Gasteiger partial charge < -0.3 is 18.6 Å². The molecule has 18 rings (SSSR count). The number of fused-ring (bicyclic) bond motifs is 18. The van der Waals surface area contributed by atoms with Crippen LogP contribution in [0.3, 0.4) is 0 Å². The summed E-state index contributed by atoms with van der Waals surface area (Å²) in [6, 6.07) is 84.5. The number of hydrogen-bond donors (Lipinski definition) is 0. The minimum atomic E-state index is -0.291. The third-order valence-electron chi connectivity index (χ3n) is 25.0. The molecule has 512 valence electrons. The molecule has 0 atom stereocenters. The zero-order valence-corrected chi connectivity index (χ0v) is 63.4. The first-order valence-corrected chi connectivity index (χ1v) is 37.6. The van der Waals surface area contributed by atoms with Gasteiger partial charge in [0.05, 0.1) is 5.69 Å². The zero-order chi connectivity index (χ0) is 71.7. The topological polar surface area (TPSA) is 32.8 Å². The summed E-state index contributed by atoms with van der Waals surface area (Å²) in [7, 11) is 0. The van der Waals surface area contributed by atoms with Crippen molar-refractivity contribution < 1.29 is 8.83 Å². The number of furan rings is 2. The second kappa shape index (κ2) is 22.2. The van der Waals surface area contributed by atoms with Crippen molar-refractivity contribution in [2.75, 3.05) is 9.80 Å². The van der Waals surface area contributed by atoms with Gasteiger partial charge >= 0.3 is 0 Å². The number of benzene rings is 12. The van der Waals surface area contributed by atoms with Crippen molar-refractivity contribution in [1.82, 2.24) is 0 Å². The summed E-state index contributed by atoms with van der Waals surface area (Å²) < 4.78 is 13.8. The van der Waals surface area contributed by atoms with Crippen molar-refractivity contribution in [1.29, 1.82) is 0 Å². The Morgan fingerprint density at radius 3 is 1.40 bits per heavy atom. The van der Waals surface area contributed by atoms with Crippen LogP contribution in [0.1, 0.15) is 207 Å². The fourth-order valence-electron chi connectivity index (χ4n) is 19.0. The number of aryl methyl sites for hydroxylation is 1. The molecule has 0 N–H and O–H groups in total. The maximum atomic E-state index is 7.24. The third-order valence-corrected chi connectivity index (χ3v) is 25.0. The van der Waals surface area contributed by atoms with E-state index in [-0.39, 0.29) is 32.5 Å². The molecule has 2 heterocycles. The number of anilines is 6. The van der Waals surface area contributed by atoms with Gasteiger partial charge in [0.2, 0.25) is 0 Å². The van der Waals surface area contributed by atoms with E-state index in [0.29, 0.717) is 11.8 Å². The van der Waals surface area contributed by atoms with E-state index in [2.05, 4.69) is 353 Å². The molecule has 0 bridgehead atoms. The fourth-order valence-corrected chi connectivity index (χ4v) is 19.0. The Morgan fingerprint density at radius 1 is 0.350 bits per heavy atom. The summed E-state index contributed by atoms with van der Waals surface area (Å²) in [4.78, 5) is 4.98. The van der Waals surface area contributed by atoms with Crippen molar-refractivity contribution >= 4 is 78.0 Å². The van der Waals surface area contributed by atoms with Crippen LogP contribution in [0.2, 0.25) is 0 Å². The Bertz CT molecular complexity index is 5960. The fraction of sp³-hybridized carbons (Fsp3) is 0.273. The Balaban J connectivity index is 0.688. The van der Waals surface area contributed by atoms with Crippen LogP contribution in [0.25, 0.3) is 88.4 Å². The lowest BCUT2D eigenvalue weighted by atomic mass is 9.75. The summed E-state index contributed by atoms with van der Waals surface area (Å²) in [6.45, 7) is 42.5. The average Bonchev–Trinajstić information content (AvgIpc) is 1.60. The molecule has 0 aliphatic heterocycles. The molecule has 4 aliphatic rings. The maximum Gasteiger partial charge on any atom is 0.159 e. The minimum absolute atomic E-state index is 0.0497. The molecular formula is C99H94N2O2. The monoisotopic (exact) mass is 1340 g/mol. The van der Waals surface area contributed by atoms with Gasteiger partial charge in [0, 0.05) is 71.6 Å².